The fourth-order valence-electron chi connectivity index (χ4n) is 2.66. The van der Waals surface area contributed by atoms with Crippen molar-refractivity contribution in [2.24, 2.45) is 0 Å². The average Bonchev–Trinajstić information content (AvgIpc) is 2.60. The molecule has 6 heteroatoms. The monoisotopic (exact) mass is 335 g/mol. The van der Waals surface area contributed by atoms with Gasteiger partial charge in [0.1, 0.15) is 11.5 Å². The molecule has 134 valence electrons. The summed E-state index contributed by atoms with van der Waals surface area (Å²) in [4.78, 5) is 16.9. The highest BCUT2D eigenvalue weighted by molar-refractivity contribution is 5.80. The standard InChI is InChI=1S/C18H29N3O3/c1-15(24-17-7-4-6-16(14-17)23-3)18(22)19-8-5-9-21-12-10-20(2)11-13-21/h4,6-7,14-15H,5,8-13H2,1-3H3,(H,19,22). The first-order valence-corrected chi connectivity index (χ1v) is 8.58. The summed E-state index contributed by atoms with van der Waals surface area (Å²) in [5.41, 5.74) is 0. The minimum absolute atomic E-state index is 0.0869. The predicted molar refractivity (Wildman–Crippen MR) is 94.6 cm³/mol. The van der Waals surface area contributed by atoms with Crippen LogP contribution in [0, 0.1) is 0 Å². The molecular formula is C18H29N3O3. The molecule has 0 aromatic heterocycles. The van der Waals surface area contributed by atoms with Crippen LogP contribution in [0.25, 0.3) is 0 Å². The number of hydrogen-bond donors (Lipinski definition) is 1. The van der Waals surface area contributed by atoms with Crippen LogP contribution in [0.3, 0.4) is 0 Å². The molecule has 0 aliphatic carbocycles. The van der Waals surface area contributed by atoms with Crippen LogP contribution in [0.4, 0.5) is 0 Å². The molecule has 1 aliphatic rings. The Morgan fingerprint density at radius 1 is 1.25 bits per heavy atom. The van der Waals surface area contributed by atoms with Crippen molar-refractivity contribution in [3.63, 3.8) is 0 Å². The molecule has 0 spiro atoms. The molecule has 1 saturated heterocycles. The molecule has 1 amide bonds. The first kappa shape index (κ1) is 18.5. The number of methoxy groups -OCH3 is 1. The van der Waals surface area contributed by atoms with Crippen molar-refractivity contribution in [1.29, 1.82) is 0 Å². The first-order valence-electron chi connectivity index (χ1n) is 8.58. The number of piperazine rings is 1. The summed E-state index contributed by atoms with van der Waals surface area (Å²) in [5, 5.41) is 2.95. The molecule has 2 rings (SSSR count). The van der Waals surface area contributed by atoms with Crippen LogP contribution in [0.5, 0.6) is 11.5 Å². The van der Waals surface area contributed by atoms with Crippen LogP contribution in [-0.2, 0) is 4.79 Å². The Balaban J connectivity index is 1.64. The van der Waals surface area contributed by atoms with Gasteiger partial charge in [-0.25, -0.2) is 0 Å². The highest BCUT2D eigenvalue weighted by atomic mass is 16.5. The summed E-state index contributed by atoms with van der Waals surface area (Å²) in [7, 11) is 3.76. The van der Waals surface area contributed by atoms with Crippen molar-refractivity contribution in [3.8, 4) is 11.5 Å². The van der Waals surface area contributed by atoms with Gasteiger partial charge in [-0.15, -0.1) is 0 Å². The largest absolute Gasteiger partial charge is 0.497 e. The Hall–Kier alpha value is -1.79. The van der Waals surface area contributed by atoms with Crippen molar-refractivity contribution < 1.29 is 14.3 Å². The zero-order valence-corrected chi connectivity index (χ0v) is 15.0. The van der Waals surface area contributed by atoms with Crippen LogP contribution in [0.15, 0.2) is 24.3 Å². The fourth-order valence-corrected chi connectivity index (χ4v) is 2.66. The van der Waals surface area contributed by atoms with Crippen LogP contribution in [0.1, 0.15) is 13.3 Å². The number of nitrogens with zero attached hydrogens (tertiary/aromatic N) is 2. The van der Waals surface area contributed by atoms with Gasteiger partial charge in [0.2, 0.25) is 0 Å². The molecule has 1 aromatic rings. The maximum Gasteiger partial charge on any atom is 0.260 e. The SMILES string of the molecule is COc1cccc(OC(C)C(=O)NCCCN2CCN(C)CC2)c1. The van der Waals surface area contributed by atoms with E-state index in [4.69, 9.17) is 9.47 Å². The molecule has 0 saturated carbocycles. The van der Waals surface area contributed by atoms with E-state index in [0.717, 1.165) is 39.1 Å². The van der Waals surface area contributed by atoms with Gasteiger partial charge >= 0.3 is 0 Å². The number of likely N-dealkylation sites (N-methyl/N-ethyl adjacent to an activating group) is 1. The van der Waals surface area contributed by atoms with E-state index in [-0.39, 0.29) is 5.91 Å². The summed E-state index contributed by atoms with van der Waals surface area (Å²) in [5.74, 6) is 1.26. The lowest BCUT2D eigenvalue weighted by Gasteiger charge is -2.32. The summed E-state index contributed by atoms with van der Waals surface area (Å²) in [6.45, 7) is 7.93. The number of benzene rings is 1. The molecule has 0 bridgehead atoms. The van der Waals surface area contributed by atoms with E-state index < -0.39 is 6.10 Å². The number of nitrogens with one attached hydrogen (secondary N) is 1. The second-order valence-electron chi connectivity index (χ2n) is 6.23. The Kier molecular flexibility index (Phi) is 7.34. The predicted octanol–water partition coefficient (Wildman–Crippen LogP) is 1.22. The summed E-state index contributed by atoms with van der Waals surface area (Å²) >= 11 is 0. The maximum atomic E-state index is 12.1. The number of rotatable bonds is 8. The molecule has 1 aromatic carbocycles. The molecule has 1 atom stereocenters. The molecule has 1 fully saturated rings. The second kappa shape index (κ2) is 9.49. The number of hydrogen-bond acceptors (Lipinski definition) is 5. The smallest absolute Gasteiger partial charge is 0.260 e. The van der Waals surface area contributed by atoms with E-state index in [0.29, 0.717) is 18.0 Å². The highest BCUT2D eigenvalue weighted by Gasteiger charge is 2.16. The molecule has 1 unspecified atom stereocenters. The van der Waals surface area contributed by atoms with Crippen molar-refractivity contribution in [1.82, 2.24) is 15.1 Å². The molecule has 6 nitrogen and oxygen atoms in total. The van der Waals surface area contributed by atoms with Gasteiger partial charge in [0.05, 0.1) is 7.11 Å². The number of amides is 1. The molecule has 0 radical (unpaired) electrons. The van der Waals surface area contributed by atoms with Gasteiger partial charge in [-0.1, -0.05) is 6.07 Å². The van der Waals surface area contributed by atoms with E-state index in [1.54, 1.807) is 20.1 Å². The van der Waals surface area contributed by atoms with Gasteiger partial charge in [0.15, 0.2) is 6.10 Å². The lowest BCUT2D eigenvalue weighted by Crippen LogP contribution is -2.45. The third-order valence-corrected chi connectivity index (χ3v) is 4.27. The van der Waals surface area contributed by atoms with E-state index in [9.17, 15) is 4.79 Å². The fraction of sp³-hybridized carbons (Fsp3) is 0.611. The molecule has 24 heavy (non-hydrogen) atoms. The Morgan fingerprint density at radius 2 is 1.96 bits per heavy atom. The van der Waals surface area contributed by atoms with E-state index in [2.05, 4.69) is 22.2 Å². The van der Waals surface area contributed by atoms with Crippen LogP contribution in [-0.4, -0.2) is 75.2 Å². The minimum atomic E-state index is -0.527. The third-order valence-electron chi connectivity index (χ3n) is 4.27. The van der Waals surface area contributed by atoms with E-state index >= 15 is 0 Å². The average molecular weight is 335 g/mol. The quantitative estimate of drug-likeness (QED) is 0.724. The molecule has 1 N–H and O–H groups in total. The summed E-state index contributed by atoms with van der Waals surface area (Å²) in [6.07, 6.45) is 0.433. The van der Waals surface area contributed by atoms with Crippen LogP contribution in [0.2, 0.25) is 0 Å². The highest BCUT2D eigenvalue weighted by Crippen LogP contribution is 2.19. The normalized spacial score (nSPS) is 17.3. The number of carbonyl (C=O) groups is 1. The van der Waals surface area contributed by atoms with Crippen LogP contribution >= 0.6 is 0 Å². The van der Waals surface area contributed by atoms with Gasteiger partial charge in [-0.2, -0.15) is 0 Å². The third kappa shape index (κ3) is 6.02. The van der Waals surface area contributed by atoms with Gasteiger partial charge in [0, 0.05) is 38.8 Å². The Bertz CT molecular complexity index is 516. The molecule has 1 aliphatic heterocycles. The van der Waals surface area contributed by atoms with Gasteiger partial charge in [-0.05, 0) is 39.1 Å². The zero-order valence-electron chi connectivity index (χ0n) is 15.0. The van der Waals surface area contributed by atoms with Crippen LogP contribution < -0.4 is 14.8 Å². The maximum absolute atomic E-state index is 12.1. The number of carbonyl (C=O) groups excluding carboxylic acids is 1. The Labute approximate surface area is 144 Å². The lowest BCUT2D eigenvalue weighted by molar-refractivity contribution is -0.127. The topological polar surface area (TPSA) is 54.0 Å². The molecular weight excluding hydrogens is 306 g/mol. The zero-order chi connectivity index (χ0) is 17.4. The van der Waals surface area contributed by atoms with Crippen molar-refractivity contribution in [3.05, 3.63) is 24.3 Å². The minimum Gasteiger partial charge on any atom is -0.497 e. The summed E-state index contributed by atoms with van der Waals surface area (Å²) < 4.78 is 10.8. The lowest BCUT2D eigenvalue weighted by atomic mass is 10.3. The van der Waals surface area contributed by atoms with E-state index in [1.807, 2.05) is 18.2 Å². The second-order valence-corrected chi connectivity index (χ2v) is 6.23. The van der Waals surface area contributed by atoms with E-state index in [1.165, 1.54) is 0 Å². The van der Waals surface area contributed by atoms with Crippen molar-refractivity contribution in [2.75, 3.05) is 53.4 Å². The van der Waals surface area contributed by atoms with Gasteiger partial charge < -0.3 is 24.6 Å². The first-order chi connectivity index (χ1) is 11.6. The van der Waals surface area contributed by atoms with Gasteiger partial charge in [-0.3, -0.25) is 4.79 Å². The van der Waals surface area contributed by atoms with Crippen molar-refractivity contribution in [2.45, 2.75) is 19.4 Å². The van der Waals surface area contributed by atoms with Gasteiger partial charge in [0.25, 0.3) is 5.91 Å². The molecule has 1 heterocycles. The van der Waals surface area contributed by atoms with Crippen molar-refractivity contribution >= 4 is 5.91 Å². The summed E-state index contributed by atoms with van der Waals surface area (Å²) in [6, 6.07) is 7.28. The number of ether oxygens (including phenoxy) is 2. The Morgan fingerprint density at radius 3 is 2.67 bits per heavy atom.